The SMILES string of the molecule is O=S(=O)(O)c1ccc2cc(S(=O)(=O)O)ccc2c1.[Na].[Na]. The molecule has 0 aromatic heterocycles. The van der Waals surface area contributed by atoms with Crippen LogP contribution in [0.5, 0.6) is 0 Å². The van der Waals surface area contributed by atoms with E-state index in [1.165, 1.54) is 24.3 Å². The second kappa shape index (κ2) is 7.19. The van der Waals surface area contributed by atoms with E-state index in [0.29, 0.717) is 10.8 Å². The van der Waals surface area contributed by atoms with E-state index in [4.69, 9.17) is 9.11 Å². The summed E-state index contributed by atoms with van der Waals surface area (Å²) in [6.45, 7) is 0. The molecule has 20 heavy (non-hydrogen) atoms. The van der Waals surface area contributed by atoms with Gasteiger partial charge in [-0.15, -0.1) is 0 Å². The average molecular weight is 334 g/mol. The number of benzene rings is 2. The van der Waals surface area contributed by atoms with Crippen molar-refractivity contribution in [1.82, 2.24) is 0 Å². The van der Waals surface area contributed by atoms with E-state index in [1.54, 1.807) is 0 Å². The monoisotopic (exact) mass is 334 g/mol. The van der Waals surface area contributed by atoms with Crippen molar-refractivity contribution in [3.8, 4) is 0 Å². The van der Waals surface area contributed by atoms with Crippen molar-refractivity contribution in [2.75, 3.05) is 0 Å². The zero-order valence-corrected chi connectivity index (χ0v) is 16.4. The van der Waals surface area contributed by atoms with Gasteiger partial charge in [0.25, 0.3) is 20.2 Å². The summed E-state index contributed by atoms with van der Waals surface area (Å²) in [5, 5.41) is 0.857. The molecule has 0 saturated carbocycles. The van der Waals surface area contributed by atoms with E-state index < -0.39 is 20.2 Å². The second-order valence-corrected chi connectivity index (χ2v) is 6.46. The van der Waals surface area contributed by atoms with Crippen LogP contribution in [0.4, 0.5) is 0 Å². The van der Waals surface area contributed by atoms with Gasteiger partial charge in [0, 0.05) is 59.1 Å². The molecule has 2 aromatic carbocycles. The van der Waals surface area contributed by atoms with E-state index in [0.717, 1.165) is 12.1 Å². The molecule has 2 radical (unpaired) electrons. The summed E-state index contributed by atoms with van der Waals surface area (Å²) in [6, 6.07) is 7.38. The van der Waals surface area contributed by atoms with Crippen LogP contribution < -0.4 is 0 Å². The van der Waals surface area contributed by atoms with Crippen LogP contribution in [0.2, 0.25) is 0 Å². The van der Waals surface area contributed by atoms with Crippen LogP contribution in [0.15, 0.2) is 46.2 Å². The van der Waals surface area contributed by atoms with Crippen LogP contribution in [0.3, 0.4) is 0 Å². The van der Waals surface area contributed by atoms with Crippen LogP contribution in [0.25, 0.3) is 10.8 Å². The predicted octanol–water partition coefficient (Wildman–Crippen LogP) is 0.572. The van der Waals surface area contributed by atoms with E-state index in [-0.39, 0.29) is 68.9 Å². The van der Waals surface area contributed by atoms with Gasteiger partial charge in [0.1, 0.15) is 0 Å². The minimum absolute atomic E-state index is 0. The van der Waals surface area contributed by atoms with Crippen molar-refractivity contribution in [2.45, 2.75) is 9.79 Å². The molecule has 0 aliphatic rings. The van der Waals surface area contributed by atoms with Crippen LogP contribution in [0.1, 0.15) is 0 Å². The van der Waals surface area contributed by atoms with Gasteiger partial charge in [0.15, 0.2) is 0 Å². The van der Waals surface area contributed by atoms with Gasteiger partial charge in [-0.2, -0.15) is 16.8 Å². The van der Waals surface area contributed by atoms with Crippen molar-refractivity contribution in [3.63, 3.8) is 0 Å². The van der Waals surface area contributed by atoms with Crippen LogP contribution in [0, 0.1) is 0 Å². The molecule has 2 rings (SSSR count). The molecule has 6 nitrogen and oxygen atoms in total. The average Bonchev–Trinajstić information content (AvgIpc) is 2.25. The van der Waals surface area contributed by atoms with Gasteiger partial charge in [-0.25, -0.2) is 0 Å². The normalized spacial score (nSPS) is 11.5. The van der Waals surface area contributed by atoms with Gasteiger partial charge in [0.05, 0.1) is 9.79 Å². The van der Waals surface area contributed by atoms with Gasteiger partial charge < -0.3 is 0 Å². The van der Waals surface area contributed by atoms with Gasteiger partial charge in [-0.3, -0.25) is 9.11 Å². The van der Waals surface area contributed by atoms with E-state index >= 15 is 0 Å². The first-order valence-electron chi connectivity index (χ1n) is 4.67. The van der Waals surface area contributed by atoms with Gasteiger partial charge in [-0.1, -0.05) is 12.1 Å². The van der Waals surface area contributed by atoms with Gasteiger partial charge in [0.2, 0.25) is 0 Å². The molecule has 0 heterocycles. The molecule has 0 bridgehead atoms. The Balaban J connectivity index is 0.00000180. The van der Waals surface area contributed by atoms with Crippen molar-refractivity contribution in [2.24, 2.45) is 0 Å². The topological polar surface area (TPSA) is 109 Å². The van der Waals surface area contributed by atoms with E-state index in [9.17, 15) is 16.8 Å². The van der Waals surface area contributed by atoms with Gasteiger partial charge in [-0.05, 0) is 35.0 Å². The summed E-state index contributed by atoms with van der Waals surface area (Å²) >= 11 is 0. The molecule has 2 aromatic rings. The molecule has 0 aliphatic heterocycles. The Morgan fingerprint density at radius 1 is 0.650 bits per heavy atom. The third-order valence-corrected chi connectivity index (χ3v) is 4.08. The molecule has 0 spiro atoms. The van der Waals surface area contributed by atoms with Gasteiger partial charge >= 0.3 is 0 Å². The Kier molecular flexibility index (Phi) is 7.37. The molecule has 0 amide bonds. The first kappa shape index (κ1) is 20.5. The standard InChI is InChI=1S/C10H8O6S2.2Na/c11-17(12,13)9-3-1-7-5-10(18(14,15)16)4-2-8(7)6-9;;/h1-6H,(H,11,12,13)(H,14,15,16);;. The fourth-order valence-electron chi connectivity index (χ4n) is 1.52. The maximum absolute atomic E-state index is 10.9. The van der Waals surface area contributed by atoms with E-state index in [2.05, 4.69) is 0 Å². The number of rotatable bonds is 2. The third-order valence-electron chi connectivity index (χ3n) is 2.38. The maximum Gasteiger partial charge on any atom is 0.294 e. The first-order chi connectivity index (χ1) is 8.18. The predicted molar refractivity (Wildman–Crippen MR) is 75.1 cm³/mol. The molecule has 0 fully saturated rings. The first-order valence-corrected chi connectivity index (χ1v) is 7.55. The summed E-state index contributed by atoms with van der Waals surface area (Å²) in [5.41, 5.74) is 0. The summed E-state index contributed by atoms with van der Waals surface area (Å²) in [4.78, 5) is -0.566. The Labute approximate surface area is 160 Å². The Morgan fingerprint density at radius 2 is 0.950 bits per heavy atom. The third kappa shape index (κ3) is 4.77. The molecule has 0 aliphatic carbocycles. The minimum Gasteiger partial charge on any atom is -0.282 e. The van der Waals surface area contributed by atoms with Crippen molar-refractivity contribution >= 4 is 90.1 Å². The number of hydrogen-bond donors (Lipinski definition) is 2. The summed E-state index contributed by atoms with van der Waals surface area (Å²) < 4.78 is 61.4. The quantitative estimate of drug-likeness (QED) is 0.614. The molecule has 10 heteroatoms. The molecule has 0 unspecified atom stereocenters. The van der Waals surface area contributed by atoms with Crippen molar-refractivity contribution < 1.29 is 25.9 Å². The molecule has 98 valence electrons. The van der Waals surface area contributed by atoms with Crippen molar-refractivity contribution in [3.05, 3.63) is 36.4 Å². The van der Waals surface area contributed by atoms with Crippen LogP contribution in [-0.4, -0.2) is 85.1 Å². The number of fused-ring (bicyclic) bond motifs is 1. The minimum atomic E-state index is -4.30. The summed E-state index contributed by atoms with van der Waals surface area (Å²) in [5.74, 6) is 0. The Hall–Kier alpha value is 0.520. The zero-order valence-electron chi connectivity index (χ0n) is 10.8. The molecule has 2 N–H and O–H groups in total. The fourth-order valence-corrected chi connectivity index (χ4v) is 2.55. The smallest absolute Gasteiger partial charge is 0.282 e. The fraction of sp³-hybridized carbons (Fsp3) is 0. The molecule has 0 saturated heterocycles. The Morgan fingerprint density at radius 3 is 1.20 bits per heavy atom. The zero-order chi connectivity index (χ0) is 13.6. The Bertz CT molecular complexity index is 759. The van der Waals surface area contributed by atoms with E-state index in [1.807, 2.05) is 0 Å². The second-order valence-electron chi connectivity index (χ2n) is 3.62. The molecule has 0 atom stereocenters. The maximum atomic E-state index is 10.9. The van der Waals surface area contributed by atoms with Crippen LogP contribution in [-0.2, 0) is 20.2 Å². The van der Waals surface area contributed by atoms with Crippen molar-refractivity contribution in [1.29, 1.82) is 0 Å². The number of hydrogen-bond acceptors (Lipinski definition) is 4. The largest absolute Gasteiger partial charge is 0.294 e. The summed E-state index contributed by atoms with van der Waals surface area (Å²) in [6.07, 6.45) is 0. The van der Waals surface area contributed by atoms with Crippen LogP contribution >= 0.6 is 0 Å². The molecular formula is C10H8Na2O6S2. The molecular weight excluding hydrogens is 326 g/mol. The summed E-state index contributed by atoms with van der Waals surface area (Å²) in [7, 11) is -8.60.